The molecule has 1 aliphatic heterocycles. The van der Waals surface area contributed by atoms with Crippen LogP contribution in [-0.4, -0.2) is 40.0 Å². The van der Waals surface area contributed by atoms with Gasteiger partial charge >= 0.3 is 0 Å². The van der Waals surface area contributed by atoms with Crippen molar-refractivity contribution < 1.29 is 16.8 Å². The SMILES string of the molecule is CCC1CCCN1S(=O)(=O)c1cc(S(C)(=O)=O)ccc1N. The molecule has 1 heterocycles. The number of hydrogen-bond donors (Lipinski definition) is 1. The fraction of sp³-hybridized carbons (Fsp3) is 0.538. The van der Waals surface area contributed by atoms with Gasteiger partial charge in [0.05, 0.1) is 10.6 Å². The van der Waals surface area contributed by atoms with Crippen molar-refractivity contribution in [3.05, 3.63) is 18.2 Å². The number of rotatable bonds is 4. The lowest BCUT2D eigenvalue weighted by atomic mass is 10.2. The highest BCUT2D eigenvalue weighted by molar-refractivity contribution is 7.91. The maximum absolute atomic E-state index is 12.8. The highest BCUT2D eigenvalue weighted by Crippen LogP contribution is 2.31. The second-order valence-corrected chi connectivity index (χ2v) is 9.17. The first-order chi connectivity index (χ1) is 9.67. The van der Waals surface area contributed by atoms with Gasteiger partial charge in [0.25, 0.3) is 0 Å². The Labute approximate surface area is 125 Å². The van der Waals surface area contributed by atoms with E-state index >= 15 is 0 Å². The second-order valence-electron chi connectivity index (χ2n) is 5.29. The van der Waals surface area contributed by atoms with E-state index in [2.05, 4.69) is 0 Å². The monoisotopic (exact) mass is 332 g/mol. The van der Waals surface area contributed by atoms with Crippen molar-refractivity contribution in [2.75, 3.05) is 18.5 Å². The van der Waals surface area contributed by atoms with Crippen LogP contribution >= 0.6 is 0 Å². The molecule has 1 fully saturated rings. The standard InChI is InChI=1S/C13H20N2O4S2/c1-3-10-5-4-8-15(10)21(18,19)13-9-11(20(2,16)17)6-7-12(13)14/h6-7,9-10H,3-5,8,14H2,1-2H3. The summed E-state index contributed by atoms with van der Waals surface area (Å²) in [5, 5.41) is 0. The van der Waals surface area contributed by atoms with Crippen molar-refractivity contribution in [3.8, 4) is 0 Å². The summed E-state index contributed by atoms with van der Waals surface area (Å²) in [5.41, 5.74) is 5.85. The number of sulfone groups is 1. The molecular formula is C13H20N2O4S2. The van der Waals surface area contributed by atoms with Gasteiger partial charge in [-0.25, -0.2) is 16.8 Å². The Kier molecular flexibility index (Phi) is 4.32. The largest absolute Gasteiger partial charge is 0.398 e. The maximum Gasteiger partial charge on any atom is 0.245 e. The summed E-state index contributed by atoms with van der Waals surface area (Å²) >= 11 is 0. The van der Waals surface area contributed by atoms with Crippen molar-refractivity contribution in [2.24, 2.45) is 0 Å². The Bertz CT molecular complexity index is 741. The molecule has 0 amide bonds. The van der Waals surface area contributed by atoms with E-state index in [0.29, 0.717) is 6.54 Å². The first-order valence-corrected chi connectivity index (χ1v) is 10.1. The third-order valence-electron chi connectivity index (χ3n) is 3.79. The van der Waals surface area contributed by atoms with E-state index in [9.17, 15) is 16.8 Å². The van der Waals surface area contributed by atoms with Crippen LogP contribution in [0.25, 0.3) is 0 Å². The van der Waals surface area contributed by atoms with Crippen LogP contribution in [0.1, 0.15) is 26.2 Å². The van der Waals surface area contributed by atoms with Gasteiger partial charge in [0.1, 0.15) is 4.90 Å². The first-order valence-electron chi connectivity index (χ1n) is 6.79. The minimum absolute atomic E-state index is 0.0393. The van der Waals surface area contributed by atoms with Crippen LogP contribution in [0, 0.1) is 0 Å². The molecule has 0 bridgehead atoms. The molecule has 0 saturated carbocycles. The Morgan fingerprint density at radius 2 is 1.95 bits per heavy atom. The zero-order valence-corrected chi connectivity index (χ0v) is 13.7. The third kappa shape index (κ3) is 3.07. The Morgan fingerprint density at radius 3 is 2.52 bits per heavy atom. The Balaban J connectivity index is 2.54. The Morgan fingerprint density at radius 1 is 1.29 bits per heavy atom. The van der Waals surface area contributed by atoms with Gasteiger partial charge < -0.3 is 5.73 Å². The molecule has 1 saturated heterocycles. The van der Waals surface area contributed by atoms with E-state index in [0.717, 1.165) is 31.6 Å². The van der Waals surface area contributed by atoms with E-state index in [4.69, 9.17) is 5.73 Å². The number of benzene rings is 1. The molecule has 0 spiro atoms. The van der Waals surface area contributed by atoms with Crippen molar-refractivity contribution in [2.45, 2.75) is 42.0 Å². The van der Waals surface area contributed by atoms with E-state index in [1.54, 1.807) is 0 Å². The zero-order chi connectivity index (χ0) is 15.8. The van der Waals surface area contributed by atoms with Crippen LogP contribution in [0.2, 0.25) is 0 Å². The van der Waals surface area contributed by atoms with Gasteiger partial charge in [-0.1, -0.05) is 6.92 Å². The molecule has 1 aromatic rings. The van der Waals surface area contributed by atoms with Crippen LogP contribution < -0.4 is 5.73 Å². The van der Waals surface area contributed by atoms with Crippen LogP contribution in [0.3, 0.4) is 0 Å². The van der Waals surface area contributed by atoms with Gasteiger partial charge in [-0.15, -0.1) is 0 Å². The summed E-state index contributed by atoms with van der Waals surface area (Å²) in [6.07, 6.45) is 3.40. The van der Waals surface area contributed by atoms with Crippen molar-refractivity contribution >= 4 is 25.5 Å². The van der Waals surface area contributed by atoms with Crippen LogP contribution in [0.15, 0.2) is 28.0 Å². The normalized spacial score (nSPS) is 20.8. The number of nitrogens with two attached hydrogens (primary N) is 1. The fourth-order valence-electron chi connectivity index (χ4n) is 2.63. The van der Waals surface area contributed by atoms with Gasteiger partial charge in [-0.2, -0.15) is 4.31 Å². The summed E-state index contributed by atoms with van der Waals surface area (Å²) in [7, 11) is -7.25. The molecule has 2 rings (SSSR count). The highest BCUT2D eigenvalue weighted by Gasteiger charge is 2.35. The van der Waals surface area contributed by atoms with E-state index in [1.165, 1.54) is 16.4 Å². The van der Waals surface area contributed by atoms with E-state index < -0.39 is 19.9 Å². The number of anilines is 1. The van der Waals surface area contributed by atoms with E-state index in [-0.39, 0.29) is 21.5 Å². The topological polar surface area (TPSA) is 97.5 Å². The summed E-state index contributed by atoms with van der Waals surface area (Å²) in [6.45, 7) is 2.39. The molecule has 0 aromatic heterocycles. The molecule has 118 valence electrons. The van der Waals surface area contributed by atoms with Crippen molar-refractivity contribution in [1.82, 2.24) is 4.31 Å². The minimum Gasteiger partial charge on any atom is -0.398 e. The minimum atomic E-state index is -3.77. The molecule has 2 N–H and O–H groups in total. The predicted molar refractivity (Wildman–Crippen MR) is 81.2 cm³/mol. The predicted octanol–water partition coefficient (Wildman–Crippen LogP) is 1.24. The molecule has 1 atom stereocenters. The summed E-state index contributed by atoms with van der Waals surface area (Å²) in [4.78, 5) is -0.159. The average molecular weight is 332 g/mol. The third-order valence-corrected chi connectivity index (χ3v) is 6.91. The number of nitrogens with zero attached hydrogens (tertiary/aromatic N) is 1. The number of hydrogen-bond acceptors (Lipinski definition) is 5. The van der Waals surface area contributed by atoms with Crippen molar-refractivity contribution in [1.29, 1.82) is 0 Å². The number of sulfonamides is 1. The van der Waals surface area contributed by atoms with Gasteiger partial charge in [-0.3, -0.25) is 0 Å². The first kappa shape index (κ1) is 16.3. The lowest BCUT2D eigenvalue weighted by molar-refractivity contribution is 0.380. The molecule has 21 heavy (non-hydrogen) atoms. The van der Waals surface area contributed by atoms with Gasteiger partial charge in [0.15, 0.2) is 9.84 Å². The lowest BCUT2D eigenvalue weighted by Gasteiger charge is -2.23. The lowest BCUT2D eigenvalue weighted by Crippen LogP contribution is -2.35. The second kappa shape index (κ2) is 5.58. The molecule has 1 aromatic carbocycles. The molecule has 8 heteroatoms. The number of nitrogen functional groups attached to an aromatic ring is 1. The zero-order valence-electron chi connectivity index (χ0n) is 12.1. The van der Waals surface area contributed by atoms with Crippen LogP contribution in [0.5, 0.6) is 0 Å². The fourth-order valence-corrected chi connectivity index (χ4v) is 5.26. The molecule has 0 radical (unpaired) electrons. The summed E-state index contributed by atoms with van der Waals surface area (Å²) in [5.74, 6) is 0. The maximum atomic E-state index is 12.8. The van der Waals surface area contributed by atoms with Gasteiger partial charge in [0.2, 0.25) is 10.0 Å². The molecule has 1 aliphatic rings. The molecular weight excluding hydrogens is 312 g/mol. The van der Waals surface area contributed by atoms with E-state index in [1.807, 2.05) is 6.92 Å². The smallest absolute Gasteiger partial charge is 0.245 e. The summed E-state index contributed by atoms with van der Waals surface area (Å²) < 4.78 is 50.2. The average Bonchev–Trinajstić information content (AvgIpc) is 2.86. The molecule has 6 nitrogen and oxygen atoms in total. The van der Waals surface area contributed by atoms with Gasteiger partial charge in [-0.05, 0) is 37.5 Å². The Hall–Kier alpha value is -1.12. The quantitative estimate of drug-likeness (QED) is 0.837. The summed E-state index contributed by atoms with van der Waals surface area (Å²) in [6, 6.07) is 3.77. The van der Waals surface area contributed by atoms with Crippen LogP contribution in [-0.2, 0) is 19.9 Å². The molecule has 1 unspecified atom stereocenters. The van der Waals surface area contributed by atoms with Crippen LogP contribution in [0.4, 0.5) is 5.69 Å². The highest BCUT2D eigenvalue weighted by atomic mass is 32.2. The van der Waals surface area contributed by atoms with Gasteiger partial charge in [0, 0.05) is 18.8 Å². The van der Waals surface area contributed by atoms with Crippen molar-refractivity contribution in [3.63, 3.8) is 0 Å². The molecule has 0 aliphatic carbocycles.